The quantitative estimate of drug-likeness (QED) is 0.669. The van der Waals surface area contributed by atoms with Gasteiger partial charge in [-0.1, -0.05) is 57.0 Å². The predicted octanol–water partition coefficient (Wildman–Crippen LogP) is 3.39. The van der Waals surface area contributed by atoms with Gasteiger partial charge in [0.15, 0.2) is 0 Å². The minimum atomic E-state index is -3.81. The molecule has 1 N–H and O–H groups in total. The Bertz CT molecular complexity index is 967. The van der Waals surface area contributed by atoms with Crippen LogP contribution in [-0.2, 0) is 20.0 Å². The third-order valence-electron chi connectivity index (χ3n) is 4.87. The van der Waals surface area contributed by atoms with E-state index in [1.807, 2.05) is 44.2 Å². The summed E-state index contributed by atoms with van der Waals surface area (Å²) in [6, 6.07) is 14.4. The fourth-order valence-corrected chi connectivity index (χ4v) is 5.29. The molecule has 2 aromatic rings. The van der Waals surface area contributed by atoms with Crippen LogP contribution in [-0.4, -0.2) is 35.2 Å². The van der Waals surface area contributed by atoms with E-state index in [0.717, 1.165) is 22.7 Å². The molecule has 154 valence electrons. The van der Waals surface area contributed by atoms with E-state index >= 15 is 0 Å². The summed E-state index contributed by atoms with van der Waals surface area (Å²) in [5, 5.41) is 0. The first kappa shape index (κ1) is 22.5. The summed E-state index contributed by atoms with van der Waals surface area (Å²) < 4.78 is 54.2. The average Bonchev–Trinajstić information content (AvgIpc) is 2.68. The van der Waals surface area contributed by atoms with Gasteiger partial charge in [-0.15, -0.1) is 0 Å². The molecule has 0 aliphatic heterocycles. The molecule has 0 amide bonds. The standard InChI is InChI=1S/C20H28N2O4S2/c1-5-16(6-2)20(17-10-8-7-9-11-17)21-27(23,24)18-12-14-19(15-13-18)28(25,26)22(3)4/h7-16,20-21H,5-6H2,1-4H3/t20-/m1/s1. The number of sulfonamides is 2. The fourth-order valence-electron chi connectivity index (χ4n) is 3.09. The molecule has 0 heterocycles. The summed E-state index contributed by atoms with van der Waals surface area (Å²) in [6.45, 7) is 4.08. The molecule has 0 aliphatic rings. The molecule has 2 rings (SSSR count). The van der Waals surface area contributed by atoms with Crippen molar-refractivity contribution in [3.05, 3.63) is 60.2 Å². The van der Waals surface area contributed by atoms with Crippen molar-refractivity contribution in [3.8, 4) is 0 Å². The van der Waals surface area contributed by atoms with Gasteiger partial charge in [-0.3, -0.25) is 0 Å². The van der Waals surface area contributed by atoms with Crippen molar-refractivity contribution < 1.29 is 16.8 Å². The maximum Gasteiger partial charge on any atom is 0.242 e. The van der Waals surface area contributed by atoms with Crippen molar-refractivity contribution in [1.82, 2.24) is 9.03 Å². The largest absolute Gasteiger partial charge is 0.242 e. The van der Waals surface area contributed by atoms with E-state index in [4.69, 9.17) is 0 Å². The van der Waals surface area contributed by atoms with Crippen LogP contribution < -0.4 is 4.72 Å². The second-order valence-electron chi connectivity index (χ2n) is 6.85. The van der Waals surface area contributed by atoms with Crippen LogP contribution in [0.2, 0.25) is 0 Å². The van der Waals surface area contributed by atoms with E-state index in [9.17, 15) is 16.8 Å². The van der Waals surface area contributed by atoms with Crippen LogP contribution in [0.15, 0.2) is 64.4 Å². The van der Waals surface area contributed by atoms with E-state index < -0.39 is 20.0 Å². The predicted molar refractivity (Wildman–Crippen MR) is 111 cm³/mol. The molecule has 2 aromatic carbocycles. The van der Waals surface area contributed by atoms with Crippen molar-refractivity contribution in [2.75, 3.05) is 14.1 Å². The number of benzene rings is 2. The number of nitrogens with zero attached hydrogens (tertiary/aromatic N) is 1. The van der Waals surface area contributed by atoms with Crippen molar-refractivity contribution in [1.29, 1.82) is 0 Å². The first-order valence-corrected chi connectivity index (χ1v) is 12.2. The van der Waals surface area contributed by atoms with Gasteiger partial charge in [-0.05, 0) is 35.7 Å². The lowest BCUT2D eigenvalue weighted by molar-refractivity contribution is 0.378. The SMILES string of the molecule is CCC(CC)[C@@H](NS(=O)(=O)c1ccc(S(=O)(=O)N(C)C)cc1)c1ccccc1. The van der Waals surface area contributed by atoms with Gasteiger partial charge in [0.1, 0.15) is 0 Å². The number of rotatable bonds is 9. The van der Waals surface area contributed by atoms with Crippen LogP contribution in [0.3, 0.4) is 0 Å². The molecule has 0 aromatic heterocycles. The zero-order valence-electron chi connectivity index (χ0n) is 16.7. The maximum atomic E-state index is 13.0. The van der Waals surface area contributed by atoms with Gasteiger partial charge in [-0.25, -0.2) is 25.9 Å². The maximum absolute atomic E-state index is 13.0. The van der Waals surface area contributed by atoms with Gasteiger partial charge in [-0.2, -0.15) is 0 Å². The minimum absolute atomic E-state index is 0.0390. The Balaban J connectivity index is 2.37. The molecule has 8 heteroatoms. The highest BCUT2D eigenvalue weighted by Crippen LogP contribution is 2.29. The summed E-state index contributed by atoms with van der Waals surface area (Å²) in [5.41, 5.74) is 0.909. The highest BCUT2D eigenvalue weighted by molar-refractivity contribution is 7.89. The van der Waals surface area contributed by atoms with Crippen molar-refractivity contribution in [2.45, 2.75) is 42.5 Å². The fraction of sp³-hybridized carbons (Fsp3) is 0.400. The molecule has 0 aliphatic carbocycles. The van der Waals surface area contributed by atoms with Crippen LogP contribution in [0.4, 0.5) is 0 Å². The number of nitrogens with one attached hydrogen (secondary N) is 1. The van der Waals surface area contributed by atoms with Crippen molar-refractivity contribution >= 4 is 20.0 Å². The molecule has 0 spiro atoms. The molecule has 0 fully saturated rings. The first-order valence-electron chi connectivity index (χ1n) is 9.23. The second kappa shape index (κ2) is 9.17. The lowest BCUT2D eigenvalue weighted by Gasteiger charge is -2.27. The minimum Gasteiger partial charge on any atom is -0.207 e. The second-order valence-corrected chi connectivity index (χ2v) is 10.7. The van der Waals surface area contributed by atoms with Crippen LogP contribution in [0.1, 0.15) is 38.3 Å². The van der Waals surface area contributed by atoms with E-state index in [1.54, 1.807) is 0 Å². The molecule has 0 saturated carbocycles. The Morgan fingerprint density at radius 3 is 1.79 bits per heavy atom. The molecule has 0 radical (unpaired) electrons. The Morgan fingerprint density at radius 2 is 1.32 bits per heavy atom. The number of hydrogen-bond acceptors (Lipinski definition) is 4. The molecule has 1 atom stereocenters. The van der Waals surface area contributed by atoms with Crippen molar-refractivity contribution in [2.24, 2.45) is 5.92 Å². The van der Waals surface area contributed by atoms with Gasteiger partial charge >= 0.3 is 0 Å². The topological polar surface area (TPSA) is 83.5 Å². The lowest BCUT2D eigenvalue weighted by Crippen LogP contribution is -2.33. The normalized spacial score (nSPS) is 13.8. The average molecular weight is 425 g/mol. The van der Waals surface area contributed by atoms with Crippen LogP contribution in [0.5, 0.6) is 0 Å². The Labute approximate surface area is 168 Å². The van der Waals surface area contributed by atoms with Crippen molar-refractivity contribution in [3.63, 3.8) is 0 Å². The zero-order valence-corrected chi connectivity index (χ0v) is 18.3. The van der Waals surface area contributed by atoms with Gasteiger partial charge in [0.25, 0.3) is 0 Å². The molecule has 6 nitrogen and oxygen atoms in total. The van der Waals surface area contributed by atoms with Gasteiger partial charge in [0.2, 0.25) is 20.0 Å². The van der Waals surface area contributed by atoms with Gasteiger partial charge in [0.05, 0.1) is 9.79 Å². The molecule has 0 bridgehead atoms. The lowest BCUT2D eigenvalue weighted by atomic mass is 9.90. The molecular formula is C20H28N2O4S2. The first-order chi connectivity index (χ1) is 13.1. The Morgan fingerprint density at radius 1 is 0.821 bits per heavy atom. The summed E-state index contributed by atoms with van der Waals surface area (Å²) in [4.78, 5) is 0.0909. The van der Waals surface area contributed by atoms with Crippen LogP contribution >= 0.6 is 0 Å². The smallest absolute Gasteiger partial charge is 0.207 e. The zero-order chi connectivity index (χ0) is 20.9. The van der Waals surface area contributed by atoms with E-state index in [-0.39, 0.29) is 21.8 Å². The Kier molecular flexibility index (Phi) is 7.39. The van der Waals surface area contributed by atoms with Gasteiger partial charge in [0, 0.05) is 20.1 Å². The van der Waals surface area contributed by atoms with Gasteiger partial charge < -0.3 is 0 Å². The Hall–Kier alpha value is -1.74. The summed E-state index contributed by atoms with van der Waals surface area (Å²) in [5.74, 6) is 0.144. The molecule has 28 heavy (non-hydrogen) atoms. The third kappa shape index (κ3) is 5.00. The van der Waals surface area contributed by atoms with E-state index in [0.29, 0.717) is 0 Å². The highest BCUT2D eigenvalue weighted by atomic mass is 32.2. The summed E-state index contributed by atoms with van der Waals surface area (Å²) in [7, 11) is -4.56. The number of hydrogen-bond donors (Lipinski definition) is 1. The molecule has 0 saturated heterocycles. The highest BCUT2D eigenvalue weighted by Gasteiger charge is 2.27. The van der Waals surface area contributed by atoms with E-state index in [2.05, 4.69) is 4.72 Å². The molecular weight excluding hydrogens is 396 g/mol. The van der Waals surface area contributed by atoms with Crippen LogP contribution in [0, 0.1) is 5.92 Å². The summed E-state index contributed by atoms with van der Waals surface area (Å²) in [6.07, 6.45) is 1.66. The van der Waals surface area contributed by atoms with E-state index in [1.165, 1.54) is 38.4 Å². The monoisotopic (exact) mass is 424 g/mol. The molecule has 0 unspecified atom stereocenters. The van der Waals surface area contributed by atoms with Crippen LogP contribution in [0.25, 0.3) is 0 Å². The summed E-state index contributed by atoms with van der Waals surface area (Å²) >= 11 is 0. The third-order valence-corrected chi connectivity index (χ3v) is 8.16.